The molecule has 0 saturated carbocycles. The van der Waals surface area contributed by atoms with E-state index in [0.29, 0.717) is 11.5 Å². The summed E-state index contributed by atoms with van der Waals surface area (Å²) >= 11 is 0. The Labute approximate surface area is 136 Å². The highest BCUT2D eigenvalue weighted by Gasteiger charge is 2.40. The van der Waals surface area contributed by atoms with E-state index in [1.54, 1.807) is 6.92 Å². The van der Waals surface area contributed by atoms with Crippen molar-refractivity contribution in [2.24, 2.45) is 0 Å². The molecule has 8 heteroatoms. The predicted octanol–water partition coefficient (Wildman–Crippen LogP) is 3.35. The first kappa shape index (κ1) is 18.0. The first-order valence-corrected chi connectivity index (χ1v) is 7.48. The number of hydrogen-bond donors (Lipinski definition) is 0. The van der Waals surface area contributed by atoms with Gasteiger partial charge in [-0.05, 0) is 24.1 Å². The molecule has 0 aliphatic carbocycles. The fourth-order valence-electron chi connectivity index (χ4n) is 2.45. The van der Waals surface area contributed by atoms with E-state index >= 15 is 0 Å². The third-order valence-electron chi connectivity index (χ3n) is 3.70. The van der Waals surface area contributed by atoms with Gasteiger partial charge in [-0.3, -0.25) is 9.59 Å². The summed E-state index contributed by atoms with van der Waals surface area (Å²) in [6, 6.07) is 4.80. The van der Waals surface area contributed by atoms with E-state index in [4.69, 9.17) is 4.84 Å². The predicted molar refractivity (Wildman–Crippen MR) is 76.6 cm³/mol. The number of carbonyl (C=O) groups is 3. The molecule has 0 N–H and O–H groups in total. The van der Waals surface area contributed by atoms with Gasteiger partial charge in [0.05, 0.1) is 11.5 Å². The van der Waals surface area contributed by atoms with E-state index in [9.17, 15) is 27.6 Å². The quantitative estimate of drug-likeness (QED) is 0.769. The smallest absolute Gasteiger partial charge is 0.325 e. The third kappa shape index (κ3) is 3.93. The summed E-state index contributed by atoms with van der Waals surface area (Å²) in [4.78, 5) is 39.4. The van der Waals surface area contributed by atoms with Gasteiger partial charge >= 0.3 is 12.1 Å². The van der Waals surface area contributed by atoms with Gasteiger partial charge in [0.25, 0.3) is 11.8 Å². The monoisotopic (exact) mass is 343 g/mol. The van der Waals surface area contributed by atoms with Gasteiger partial charge in [0.1, 0.15) is 0 Å². The van der Waals surface area contributed by atoms with Gasteiger partial charge in [-0.15, -0.1) is 5.06 Å². The van der Waals surface area contributed by atoms with Gasteiger partial charge in [-0.25, -0.2) is 4.79 Å². The molecule has 0 bridgehead atoms. The summed E-state index contributed by atoms with van der Waals surface area (Å²) < 4.78 is 39.1. The van der Waals surface area contributed by atoms with Gasteiger partial charge in [-0.1, -0.05) is 25.5 Å². The molecule has 0 radical (unpaired) electrons. The normalized spacial score (nSPS) is 16.4. The van der Waals surface area contributed by atoms with Crippen LogP contribution in [0.1, 0.15) is 54.4 Å². The molecule has 5 nitrogen and oxygen atoms in total. The number of carbonyl (C=O) groups excluding carboxylic acids is 3. The molecule has 2 amide bonds. The lowest BCUT2D eigenvalue weighted by atomic mass is 9.93. The Hall–Kier alpha value is -2.38. The maximum Gasteiger partial charge on any atom is 0.395 e. The minimum absolute atomic E-state index is 0.0324. The Morgan fingerprint density at radius 1 is 1.17 bits per heavy atom. The second kappa shape index (κ2) is 7.02. The van der Waals surface area contributed by atoms with E-state index in [1.165, 1.54) is 24.3 Å². The zero-order valence-electron chi connectivity index (χ0n) is 12.9. The summed E-state index contributed by atoms with van der Waals surface area (Å²) in [5.41, 5.74) is 0.0119. The van der Waals surface area contributed by atoms with Crippen molar-refractivity contribution in [2.45, 2.75) is 44.7 Å². The van der Waals surface area contributed by atoms with Crippen LogP contribution in [0.4, 0.5) is 13.2 Å². The maximum atomic E-state index is 13.0. The van der Waals surface area contributed by atoms with Crippen LogP contribution in [-0.2, 0) is 14.4 Å². The Kier molecular flexibility index (Phi) is 5.26. The van der Waals surface area contributed by atoms with Crippen LogP contribution >= 0.6 is 0 Å². The van der Waals surface area contributed by atoms with Gasteiger partial charge in [0.15, 0.2) is 0 Å². The molecular formula is C16H16F3NO4. The third-order valence-corrected chi connectivity index (χ3v) is 3.70. The molecule has 1 fully saturated rings. The molecule has 1 saturated heterocycles. The van der Waals surface area contributed by atoms with Gasteiger partial charge in [0.2, 0.25) is 0 Å². The van der Waals surface area contributed by atoms with Gasteiger partial charge in [-0.2, -0.15) is 13.2 Å². The van der Waals surface area contributed by atoms with Crippen molar-refractivity contribution in [3.63, 3.8) is 0 Å². The van der Waals surface area contributed by atoms with Crippen molar-refractivity contribution < 1.29 is 32.4 Å². The number of halogens is 3. The summed E-state index contributed by atoms with van der Waals surface area (Å²) in [5.74, 6) is -3.81. The van der Waals surface area contributed by atoms with E-state index in [-0.39, 0.29) is 30.4 Å². The summed E-state index contributed by atoms with van der Waals surface area (Å²) in [6.07, 6.45) is -4.12. The Morgan fingerprint density at radius 3 is 2.17 bits per heavy atom. The Bertz CT molecular complexity index is 624. The number of imide groups is 1. The standard InChI is InChI=1S/C16H16F3NO4/c1-2-3-12(16(17,18)19)10-4-6-11(7-5-10)15(23)24-20-13(21)8-9-14(20)22/h4-7,12H,2-3,8-9H2,1H3. The maximum absolute atomic E-state index is 13.0. The topological polar surface area (TPSA) is 63.7 Å². The first-order chi connectivity index (χ1) is 11.2. The SMILES string of the molecule is CCCC(c1ccc(C(=O)ON2C(=O)CCC2=O)cc1)C(F)(F)F. The van der Waals surface area contributed by atoms with Crippen molar-refractivity contribution in [1.29, 1.82) is 0 Å². The molecule has 1 unspecified atom stereocenters. The van der Waals surface area contributed by atoms with Crippen molar-refractivity contribution in [1.82, 2.24) is 5.06 Å². The van der Waals surface area contributed by atoms with E-state index in [2.05, 4.69) is 0 Å². The molecule has 1 aliphatic rings. The number of alkyl halides is 3. The number of hydrogen-bond acceptors (Lipinski definition) is 4. The highest BCUT2D eigenvalue weighted by molar-refractivity contribution is 6.02. The van der Waals surface area contributed by atoms with Crippen molar-refractivity contribution in [3.05, 3.63) is 35.4 Å². The van der Waals surface area contributed by atoms with Crippen molar-refractivity contribution in [3.8, 4) is 0 Å². The lowest BCUT2D eigenvalue weighted by Crippen LogP contribution is -2.32. The lowest BCUT2D eigenvalue weighted by molar-refractivity contribution is -0.172. The minimum Gasteiger partial charge on any atom is -0.325 e. The second-order valence-corrected chi connectivity index (χ2v) is 5.47. The van der Waals surface area contributed by atoms with Gasteiger partial charge < -0.3 is 4.84 Å². The number of hydroxylamine groups is 2. The molecule has 1 aromatic carbocycles. The Morgan fingerprint density at radius 2 is 1.71 bits per heavy atom. The van der Waals surface area contributed by atoms with E-state index < -0.39 is 29.9 Å². The summed E-state index contributed by atoms with van der Waals surface area (Å²) in [5, 5.41) is 0.395. The Balaban J connectivity index is 2.12. The second-order valence-electron chi connectivity index (χ2n) is 5.47. The lowest BCUT2D eigenvalue weighted by Gasteiger charge is -2.20. The number of nitrogens with zero attached hydrogens (tertiary/aromatic N) is 1. The van der Waals surface area contributed by atoms with Crippen LogP contribution in [0.5, 0.6) is 0 Å². The van der Waals surface area contributed by atoms with Crippen molar-refractivity contribution >= 4 is 17.8 Å². The van der Waals surface area contributed by atoms with Crippen molar-refractivity contribution in [2.75, 3.05) is 0 Å². The number of rotatable bonds is 5. The van der Waals surface area contributed by atoms with E-state index in [1.807, 2.05) is 0 Å². The summed E-state index contributed by atoms with van der Waals surface area (Å²) in [7, 11) is 0. The number of benzene rings is 1. The molecule has 1 aliphatic heterocycles. The number of amides is 2. The average molecular weight is 343 g/mol. The van der Waals surface area contributed by atoms with Crippen LogP contribution in [0.25, 0.3) is 0 Å². The van der Waals surface area contributed by atoms with E-state index in [0.717, 1.165) is 0 Å². The molecule has 2 rings (SSSR count). The molecule has 1 heterocycles. The van der Waals surface area contributed by atoms with Crippen LogP contribution < -0.4 is 0 Å². The highest BCUT2D eigenvalue weighted by atomic mass is 19.4. The highest BCUT2D eigenvalue weighted by Crippen LogP contribution is 2.38. The van der Waals surface area contributed by atoms with Crippen LogP contribution in [0.15, 0.2) is 24.3 Å². The van der Waals surface area contributed by atoms with Gasteiger partial charge in [0, 0.05) is 12.8 Å². The fourth-order valence-corrected chi connectivity index (χ4v) is 2.45. The summed E-state index contributed by atoms with van der Waals surface area (Å²) in [6.45, 7) is 1.66. The molecule has 1 aromatic rings. The van der Waals surface area contributed by atoms with Crippen LogP contribution in [-0.4, -0.2) is 29.0 Å². The van der Waals surface area contributed by atoms with Crippen LogP contribution in [0, 0.1) is 0 Å². The largest absolute Gasteiger partial charge is 0.395 e. The molecule has 0 spiro atoms. The minimum atomic E-state index is -4.37. The first-order valence-electron chi connectivity index (χ1n) is 7.48. The average Bonchev–Trinajstić information content (AvgIpc) is 2.83. The zero-order valence-corrected chi connectivity index (χ0v) is 12.9. The molecular weight excluding hydrogens is 327 g/mol. The molecule has 24 heavy (non-hydrogen) atoms. The van der Waals surface area contributed by atoms with Crippen LogP contribution in [0.3, 0.4) is 0 Å². The molecule has 0 aromatic heterocycles. The fraction of sp³-hybridized carbons (Fsp3) is 0.438. The molecule has 1 atom stereocenters. The van der Waals surface area contributed by atoms with Crippen LogP contribution in [0.2, 0.25) is 0 Å². The zero-order chi connectivity index (χ0) is 17.9. The molecule has 130 valence electrons.